The smallest absolute Gasteiger partial charge is 0.173 e. The quantitative estimate of drug-likeness (QED) is 0.642. The molecule has 21 heavy (non-hydrogen) atoms. The van der Waals surface area contributed by atoms with Crippen molar-refractivity contribution >= 4 is 33.8 Å². The van der Waals surface area contributed by atoms with Crippen molar-refractivity contribution < 1.29 is 9.47 Å². The second-order valence-electron chi connectivity index (χ2n) is 4.57. The average molecular weight is 320 g/mol. The first-order chi connectivity index (χ1) is 10.3. The predicted octanol–water partition coefficient (Wildman–Crippen LogP) is 3.57. The van der Waals surface area contributed by atoms with Crippen LogP contribution in [0.4, 0.5) is 0 Å². The summed E-state index contributed by atoms with van der Waals surface area (Å²) >= 11 is 7.77. The number of fused-ring (bicyclic) bond motifs is 2. The molecule has 0 atom stereocenters. The van der Waals surface area contributed by atoms with Gasteiger partial charge >= 0.3 is 0 Å². The lowest BCUT2D eigenvalue weighted by Crippen LogP contribution is -1.97. The van der Waals surface area contributed by atoms with Crippen molar-refractivity contribution in [3.05, 3.63) is 29.0 Å². The molecule has 0 saturated heterocycles. The lowest BCUT2D eigenvalue weighted by molar-refractivity contribution is 0.297. The third kappa shape index (κ3) is 2.30. The number of halogens is 1. The van der Waals surface area contributed by atoms with E-state index in [-0.39, 0.29) is 0 Å². The number of ether oxygens (including phenoxy) is 2. The first-order valence-corrected chi connectivity index (χ1v) is 7.73. The highest BCUT2D eigenvalue weighted by Crippen LogP contribution is 2.36. The van der Waals surface area contributed by atoms with Gasteiger partial charge in [-0.15, -0.1) is 11.3 Å². The molecule has 7 heteroatoms. The van der Waals surface area contributed by atoms with Crippen LogP contribution in [0.5, 0.6) is 11.5 Å². The van der Waals surface area contributed by atoms with Gasteiger partial charge in [-0.1, -0.05) is 11.6 Å². The Morgan fingerprint density at radius 3 is 2.67 bits per heavy atom. The maximum absolute atomic E-state index is 6.30. The zero-order chi connectivity index (χ0) is 14.2. The van der Waals surface area contributed by atoms with Crippen molar-refractivity contribution in [1.82, 2.24) is 15.0 Å². The molecule has 2 aromatic heterocycles. The molecule has 4 rings (SSSR count). The van der Waals surface area contributed by atoms with Gasteiger partial charge in [0.05, 0.1) is 29.1 Å². The van der Waals surface area contributed by atoms with E-state index in [0.29, 0.717) is 35.7 Å². The topological polar surface area (TPSA) is 57.1 Å². The molecule has 0 N–H and O–H groups in total. The van der Waals surface area contributed by atoms with Crippen molar-refractivity contribution in [2.24, 2.45) is 0 Å². The number of nitrogens with zero attached hydrogens (tertiary/aromatic N) is 3. The van der Waals surface area contributed by atoms with Crippen LogP contribution >= 0.6 is 22.9 Å². The van der Waals surface area contributed by atoms with Crippen LogP contribution < -0.4 is 9.47 Å². The predicted molar refractivity (Wildman–Crippen MR) is 81.3 cm³/mol. The number of hydrogen-bond donors (Lipinski definition) is 0. The van der Waals surface area contributed by atoms with Gasteiger partial charge in [0.25, 0.3) is 0 Å². The molecule has 0 bridgehead atoms. The van der Waals surface area contributed by atoms with E-state index in [2.05, 4.69) is 15.0 Å². The summed E-state index contributed by atoms with van der Waals surface area (Å²) in [5.41, 5.74) is 2.48. The summed E-state index contributed by atoms with van der Waals surface area (Å²) in [6, 6.07) is 3.70. The van der Waals surface area contributed by atoms with Crippen LogP contribution in [-0.4, -0.2) is 28.2 Å². The third-order valence-corrected chi connectivity index (χ3v) is 4.23. The Hall–Kier alpha value is -1.92. The Balaban J connectivity index is 1.92. The van der Waals surface area contributed by atoms with E-state index in [1.807, 2.05) is 12.1 Å². The zero-order valence-electron chi connectivity index (χ0n) is 10.9. The summed E-state index contributed by atoms with van der Waals surface area (Å²) in [6.07, 6.45) is 2.59. The second kappa shape index (κ2) is 5.13. The normalized spacial score (nSPS) is 14.1. The second-order valence-corrected chi connectivity index (χ2v) is 5.81. The van der Waals surface area contributed by atoms with E-state index < -0.39 is 0 Å². The lowest BCUT2D eigenvalue weighted by atomic mass is 10.2. The van der Waals surface area contributed by atoms with Crippen LogP contribution in [0.15, 0.2) is 23.8 Å². The van der Waals surface area contributed by atoms with E-state index in [0.717, 1.165) is 22.2 Å². The SMILES string of the molecule is Clc1nc(-c2cncs2)nc2cc3c(cc12)OCCCO3. The third-order valence-electron chi connectivity index (χ3n) is 3.17. The summed E-state index contributed by atoms with van der Waals surface area (Å²) in [4.78, 5) is 13.8. The molecule has 0 fully saturated rings. The molecule has 0 radical (unpaired) electrons. The van der Waals surface area contributed by atoms with E-state index in [9.17, 15) is 0 Å². The van der Waals surface area contributed by atoms with E-state index >= 15 is 0 Å². The Morgan fingerprint density at radius 2 is 1.90 bits per heavy atom. The zero-order valence-corrected chi connectivity index (χ0v) is 12.4. The minimum absolute atomic E-state index is 0.402. The molecule has 0 saturated carbocycles. The minimum Gasteiger partial charge on any atom is -0.490 e. The molecule has 1 aliphatic heterocycles. The van der Waals surface area contributed by atoms with Crippen molar-refractivity contribution in [2.75, 3.05) is 13.2 Å². The van der Waals surface area contributed by atoms with Crippen LogP contribution in [0.25, 0.3) is 21.6 Å². The Morgan fingerprint density at radius 1 is 1.10 bits per heavy atom. The average Bonchev–Trinajstić information content (AvgIpc) is 2.92. The van der Waals surface area contributed by atoms with E-state index in [4.69, 9.17) is 21.1 Å². The number of hydrogen-bond acceptors (Lipinski definition) is 6. The van der Waals surface area contributed by atoms with Gasteiger partial charge in [-0.05, 0) is 6.07 Å². The molecule has 5 nitrogen and oxygen atoms in total. The highest BCUT2D eigenvalue weighted by atomic mass is 35.5. The number of benzene rings is 1. The summed E-state index contributed by atoms with van der Waals surface area (Å²) in [7, 11) is 0. The van der Waals surface area contributed by atoms with Crippen LogP contribution in [0.3, 0.4) is 0 Å². The first-order valence-electron chi connectivity index (χ1n) is 6.47. The van der Waals surface area contributed by atoms with Crippen LogP contribution in [0, 0.1) is 0 Å². The van der Waals surface area contributed by atoms with Gasteiger partial charge in [-0.2, -0.15) is 0 Å². The lowest BCUT2D eigenvalue weighted by Gasteiger charge is -2.09. The highest BCUT2D eigenvalue weighted by Gasteiger charge is 2.16. The molecular formula is C14H10ClN3O2S. The van der Waals surface area contributed by atoms with E-state index in [1.54, 1.807) is 11.7 Å². The Labute approximate surface area is 129 Å². The fraction of sp³-hybridized carbons (Fsp3) is 0.214. The van der Waals surface area contributed by atoms with Crippen molar-refractivity contribution in [3.8, 4) is 22.2 Å². The number of aromatic nitrogens is 3. The fourth-order valence-corrected chi connectivity index (χ4v) is 2.97. The van der Waals surface area contributed by atoms with Crippen LogP contribution in [0.1, 0.15) is 6.42 Å². The Kier molecular flexibility index (Phi) is 3.12. The van der Waals surface area contributed by atoms with Crippen molar-refractivity contribution in [1.29, 1.82) is 0 Å². The van der Waals surface area contributed by atoms with Crippen molar-refractivity contribution in [3.63, 3.8) is 0 Å². The number of rotatable bonds is 1. The molecule has 0 aliphatic carbocycles. The molecule has 3 aromatic rings. The number of thiazole rings is 1. The minimum atomic E-state index is 0.402. The standard InChI is InChI=1S/C14H10ClN3O2S/c15-13-8-4-10-11(20-3-1-2-19-10)5-9(8)17-14(18-13)12-6-16-7-21-12/h4-7H,1-3H2. The summed E-state index contributed by atoms with van der Waals surface area (Å²) in [5.74, 6) is 1.96. The monoisotopic (exact) mass is 319 g/mol. The molecule has 106 valence electrons. The van der Waals surface area contributed by atoms with Gasteiger partial charge in [-0.25, -0.2) is 9.97 Å². The summed E-state index contributed by atoms with van der Waals surface area (Å²) in [6.45, 7) is 1.27. The summed E-state index contributed by atoms with van der Waals surface area (Å²) in [5, 5.41) is 1.16. The molecule has 3 heterocycles. The maximum atomic E-state index is 6.30. The van der Waals surface area contributed by atoms with Gasteiger partial charge in [0.1, 0.15) is 5.15 Å². The van der Waals surface area contributed by atoms with Crippen LogP contribution in [-0.2, 0) is 0 Å². The molecule has 0 amide bonds. The summed E-state index contributed by atoms with van der Waals surface area (Å²) < 4.78 is 11.4. The van der Waals surface area contributed by atoms with E-state index in [1.165, 1.54) is 11.3 Å². The molecule has 0 spiro atoms. The maximum Gasteiger partial charge on any atom is 0.173 e. The van der Waals surface area contributed by atoms with Gasteiger partial charge in [0, 0.05) is 24.1 Å². The van der Waals surface area contributed by atoms with Gasteiger partial charge in [0.2, 0.25) is 0 Å². The largest absolute Gasteiger partial charge is 0.490 e. The van der Waals surface area contributed by atoms with Gasteiger partial charge in [0.15, 0.2) is 17.3 Å². The molecule has 1 aromatic carbocycles. The molecule has 0 unspecified atom stereocenters. The first kappa shape index (κ1) is 12.8. The molecule has 1 aliphatic rings. The highest BCUT2D eigenvalue weighted by molar-refractivity contribution is 7.13. The molecular weight excluding hydrogens is 310 g/mol. The Bertz CT molecular complexity index is 808. The van der Waals surface area contributed by atoms with Crippen LogP contribution in [0.2, 0.25) is 5.15 Å². The van der Waals surface area contributed by atoms with Gasteiger partial charge in [-0.3, -0.25) is 4.98 Å². The van der Waals surface area contributed by atoms with Crippen molar-refractivity contribution in [2.45, 2.75) is 6.42 Å². The van der Waals surface area contributed by atoms with Gasteiger partial charge < -0.3 is 9.47 Å². The fourth-order valence-electron chi connectivity index (χ4n) is 2.18.